The Hall–Kier alpha value is -4.77. The first-order valence-corrected chi connectivity index (χ1v) is 9.95. The summed E-state index contributed by atoms with van der Waals surface area (Å²) >= 11 is 0. The highest BCUT2D eigenvalue weighted by Crippen LogP contribution is 2.25. The molecule has 1 N–H and O–H groups in total. The zero-order valence-corrected chi connectivity index (χ0v) is 17.2. The highest BCUT2D eigenvalue weighted by Gasteiger charge is 2.14. The molecule has 0 atom stereocenters. The molecule has 0 unspecified atom stereocenters. The Labute approximate surface area is 188 Å². The fourth-order valence-electron chi connectivity index (χ4n) is 3.50. The summed E-state index contributed by atoms with van der Waals surface area (Å²) < 4.78 is 15.8. The van der Waals surface area contributed by atoms with E-state index in [0.29, 0.717) is 12.1 Å². The Kier molecular flexibility index (Phi) is 5.96. The van der Waals surface area contributed by atoms with Crippen molar-refractivity contribution in [1.82, 2.24) is 4.57 Å². The van der Waals surface area contributed by atoms with Crippen LogP contribution in [0.2, 0.25) is 0 Å². The monoisotopic (exact) mass is 440 g/mol. The van der Waals surface area contributed by atoms with Crippen LogP contribution in [0.4, 0.5) is 15.8 Å². The normalized spacial score (nSPS) is 11.2. The molecule has 162 valence electrons. The van der Waals surface area contributed by atoms with E-state index in [-0.39, 0.29) is 16.9 Å². The number of hydrogen-bond donors (Lipinski definition) is 1. The van der Waals surface area contributed by atoms with Crippen molar-refractivity contribution in [1.29, 1.82) is 5.26 Å². The molecule has 8 heteroatoms. The molecule has 0 aliphatic heterocycles. The van der Waals surface area contributed by atoms with E-state index in [1.54, 1.807) is 24.4 Å². The molecule has 4 rings (SSSR count). The maximum absolute atomic E-state index is 13.9. The van der Waals surface area contributed by atoms with Crippen LogP contribution in [0, 0.1) is 27.3 Å². The van der Waals surface area contributed by atoms with Crippen molar-refractivity contribution in [2.45, 2.75) is 6.54 Å². The second-order valence-electron chi connectivity index (χ2n) is 7.26. The second kappa shape index (κ2) is 9.16. The number of nitriles is 1. The van der Waals surface area contributed by atoms with Crippen molar-refractivity contribution in [3.8, 4) is 6.07 Å². The van der Waals surface area contributed by atoms with E-state index in [1.807, 2.05) is 34.9 Å². The molecule has 1 aromatic heterocycles. The Morgan fingerprint density at radius 1 is 1.09 bits per heavy atom. The van der Waals surface area contributed by atoms with E-state index < -0.39 is 16.6 Å². The molecule has 1 amide bonds. The minimum atomic E-state index is -0.713. The van der Waals surface area contributed by atoms with Gasteiger partial charge in [-0.15, -0.1) is 0 Å². The number of nitrogens with zero attached hydrogens (tertiary/aromatic N) is 3. The maximum Gasteiger partial charge on any atom is 0.269 e. The first-order valence-electron chi connectivity index (χ1n) is 9.95. The van der Waals surface area contributed by atoms with E-state index in [0.717, 1.165) is 16.5 Å². The summed E-state index contributed by atoms with van der Waals surface area (Å²) in [4.78, 5) is 23.0. The summed E-state index contributed by atoms with van der Waals surface area (Å²) in [7, 11) is 0. The van der Waals surface area contributed by atoms with Crippen LogP contribution in [0.5, 0.6) is 0 Å². The Bertz CT molecular complexity index is 1430. The second-order valence-corrected chi connectivity index (χ2v) is 7.26. The number of nitro groups is 1. The van der Waals surface area contributed by atoms with Gasteiger partial charge in [0, 0.05) is 41.3 Å². The van der Waals surface area contributed by atoms with Crippen molar-refractivity contribution in [3.05, 3.63) is 112 Å². The summed E-state index contributed by atoms with van der Waals surface area (Å²) in [6.45, 7) is 0.440. The van der Waals surface area contributed by atoms with Crippen LogP contribution in [-0.4, -0.2) is 15.4 Å². The first-order chi connectivity index (χ1) is 16.0. The number of nitro benzene ring substituents is 1. The number of hydrogen-bond acceptors (Lipinski definition) is 4. The molecule has 33 heavy (non-hydrogen) atoms. The summed E-state index contributed by atoms with van der Waals surface area (Å²) in [5.74, 6) is -1.31. The summed E-state index contributed by atoms with van der Waals surface area (Å²) in [5, 5.41) is 23.7. The lowest BCUT2D eigenvalue weighted by molar-refractivity contribution is -0.384. The Morgan fingerprint density at radius 3 is 2.48 bits per heavy atom. The van der Waals surface area contributed by atoms with Crippen LogP contribution >= 0.6 is 0 Å². The number of anilines is 1. The molecule has 0 fully saturated rings. The molecule has 4 aromatic rings. The van der Waals surface area contributed by atoms with E-state index >= 15 is 0 Å². The SMILES string of the molecule is N#C/C(=C/c1cn(Cc2ccc([N+](=O)[O-])cc2)c2ccccc12)C(=O)Nc1ccccc1F. The van der Waals surface area contributed by atoms with Gasteiger partial charge in [-0.3, -0.25) is 14.9 Å². The fraction of sp³-hybridized carbons (Fsp3) is 0.0400. The molecule has 0 saturated heterocycles. The smallest absolute Gasteiger partial charge is 0.269 e. The van der Waals surface area contributed by atoms with Crippen molar-refractivity contribution < 1.29 is 14.1 Å². The molecule has 0 aliphatic rings. The molecule has 0 aliphatic carbocycles. The standard InChI is InChI=1S/C25H17FN4O3/c26-22-6-2-3-7-23(22)28-25(31)18(14-27)13-19-16-29(24-8-4-1-5-21(19)24)15-17-9-11-20(12-10-17)30(32)33/h1-13,16H,15H2,(H,28,31)/b18-13-. The highest BCUT2D eigenvalue weighted by molar-refractivity contribution is 6.10. The van der Waals surface area contributed by atoms with E-state index in [1.165, 1.54) is 36.4 Å². The first kappa shape index (κ1) is 21.5. The minimum Gasteiger partial charge on any atom is -0.342 e. The van der Waals surface area contributed by atoms with Crippen LogP contribution in [0.1, 0.15) is 11.1 Å². The predicted molar refractivity (Wildman–Crippen MR) is 123 cm³/mol. The largest absolute Gasteiger partial charge is 0.342 e. The Balaban J connectivity index is 1.67. The molecule has 0 spiro atoms. The maximum atomic E-state index is 13.9. The van der Waals surface area contributed by atoms with Crippen molar-refractivity contribution in [3.63, 3.8) is 0 Å². The molecular weight excluding hydrogens is 423 g/mol. The third-order valence-electron chi connectivity index (χ3n) is 5.11. The summed E-state index contributed by atoms with van der Waals surface area (Å²) in [6.07, 6.45) is 3.27. The lowest BCUT2D eigenvalue weighted by atomic mass is 10.1. The van der Waals surface area contributed by atoms with Crippen LogP contribution in [0.3, 0.4) is 0 Å². The number of benzene rings is 3. The number of aromatic nitrogens is 1. The van der Waals surface area contributed by atoms with E-state index in [2.05, 4.69) is 5.32 Å². The molecular formula is C25H17FN4O3. The number of carbonyl (C=O) groups is 1. The van der Waals surface area contributed by atoms with Gasteiger partial charge in [-0.25, -0.2) is 4.39 Å². The van der Waals surface area contributed by atoms with Gasteiger partial charge < -0.3 is 9.88 Å². The van der Waals surface area contributed by atoms with E-state index in [9.17, 15) is 24.6 Å². The van der Waals surface area contributed by atoms with E-state index in [4.69, 9.17) is 0 Å². The fourth-order valence-corrected chi connectivity index (χ4v) is 3.50. The zero-order valence-electron chi connectivity index (χ0n) is 17.2. The number of para-hydroxylation sites is 2. The lowest BCUT2D eigenvalue weighted by Crippen LogP contribution is -2.14. The number of nitrogens with one attached hydrogen (secondary N) is 1. The summed E-state index contributed by atoms with van der Waals surface area (Å²) in [6, 6.07) is 21.4. The Morgan fingerprint density at radius 2 is 1.79 bits per heavy atom. The molecule has 3 aromatic carbocycles. The van der Waals surface area contributed by atoms with Gasteiger partial charge in [0.15, 0.2) is 0 Å². The number of fused-ring (bicyclic) bond motifs is 1. The van der Waals surface area contributed by atoms with Crippen LogP contribution in [-0.2, 0) is 11.3 Å². The van der Waals surface area contributed by atoms with Crippen molar-refractivity contribution in [2.75, 3.05) is 5.32 Å². The average Bonchev–Trinajstić information content (AvgIpc) is 3.16. The number of amides is 1. The van der Waals surface area contributed by atoms with Gasteiger partial charge in [-0.1, -0.05) is 42.5 Å². The van der Waals surface area contributed by atoms with Gasteiger partial charge in [-0.2, -0.15) is 5.26 Å². The van der Waals surface area contributed by atoms with Crippen molar-refractivity contribution >= 4 is 34.3 Å². The molecule has 0 saturated carbocycles. The average molecular weight is 440 g/mol. The minimum absolute atomic E-state index is 0.00995. The van der Waals surface area contributed by atoms with Crippen LogP contribution in [0.15, 0.2) is 84.6 Å². The quantitative estimate of drug-likeness (QED) is 0.191. The summed E-state index contributed by atoms with van der Waals surface area (Å²) in [5.41, 5.74) is 2.20. The van der Waals surface area contributed by atoms with Gasteiger partial charge in [0.25, 0.3) is 11.6 Å². The third-order valence-corrected chi connectivity index (χ3v) is 5.11. The van der Waals surface area contributed by atoms with Gasteiger partial charge in [0.05, 0.1) is 10.6 Å². The highest BCUT2D eigenvalue weighted by atomic mass is 19.1. The number of rotatable bonds is 6. The van der Waals surface area contributed by atoms with Crippen LogP contribution in [0.25, 0.3) is 17.0 Å². The number of halogens is 1. The lowest BCUT2D eigenvalue weighted by Gasteiger charge is -2.05. The van der Waals surface area contributed by atoms with Crippen molar-refractivity contribution in [2.24, 2.45) is 0 Å². The van der Waals surface area contributed by atoms with Crippen LogP contribution < -0.4 is 5.32 Å². The predicted octanol–water partition coefficient (Wildman–Crippen LogP) is 5.28. The topological polar surface area (TPSA) is 101 Å². The van der Waals surface area contributed by atoms with Gasteiger partial charge in [0.2, 0.25) is 0 Å². The molecule has 7 nitrogen and oxygen atoms in total. The van der Waals surface area contributed by atoms with Gasteiger partial charge in [-0.05, 0) is 29.8 Å². The molecule has 1 heterocycles. The molecule has 0 radical (unpaired) electrons. The number of non-ortho nitro benzene ring substituents is 1. The third kappa shape index (κ3) is 4.62. The van der Waals surface area contributed by atoms with Gasteiger partial charge in [0.1, 0.15) is 17.5 Å². The number of carbonyl (C=O) groups excluding carboxylic acids is 1. The van der Waals surface area contributed by atoms with Gasteiger partial charge >= 0.3 is 0 Å². The zero-order chi connectivity index (χ0) is 23.4. The molecule has 0 bridgehead atoms.